The maximum absolute atomic E-state index is 8.46. The lowest BCUT2D eigenvalue weighted by atomic mass is 9.80. The van der Waals surface area contributed by atoms with Gasteiger partial charge in [0, 0.05) is 6.54 Å². The summed E-state index contributed by atoms with van der Waals surface area (Å²) in [5.74, 6) is 1.02. The molecule has 1 heterocycles. The number of likely N-dealkylation sites (tertiary alicyclic amines) is 1. The standard InChI is InChI=1S/C10H21N3O/c1-10(2,3)8-4-5-13(6-8)7-9(11)12-14/h8,14H,4-7H2,1-3H3,(H2,11,12). The van der Waals surface area contributed by atoms with E-state index in [9.17, 15) is 0 Å². The van der Waals surface area contributed by atoms with Gasteiger partial charge in [-0.05, 0) is 24.3 Å². The van der Waals surface area contributed by atoms with Gasteiger partial charge in [-0.3, -0.25) is 4.90 Å². The lowest BCUT2D eigenvalue weighted by Crippen LogP contribution is -2.33. The Morgan fingerprint density at radius 3 is 2.64 bits per heavy atom. The fraction of sp³-hybridized carbons (Fsp3) is 0.900. The van der Waals surface area contributed by atoms with Gasteiger partial charge in [0.1, 0.15) is 0 Å². The van der Waals surface area contributed by atoms with Crippen LogP contribution in [0.1, 0.15) is 27.2 Å². The minimum atomic E-state index is 0.305. The zero-order valence-electron chi connectivity index (χ0n) is 9.32. The highest BCUT2D eigenvalue weighted by Gasteiger charge is 2.31. The minimum Gasteiger partial charge on any atom is -0.409 e. The molecule has 3 N–H and O–H groups in total. The average molecular weight is 199 g/mol. The van der Waals surface area contributed by atoms with Crippen molar-refractivity contribution in [3.05, 3.63) is 0 Å². The third-order valence-corrected chi connectivity index (χ3v) is 3.01. The summed E-state index contributed by atoms with van der Waals surface area (Å²) in [5.41, 5.74) is 5.83. The topological polar surface area (TPSA) is 61.8 Å². The molecule has 1 aliphatic rings. The largest absolute Gasteiger partial charge is 0.409 e. The highest BCUT2D eigenvalue weighted by molar-refractivity contribution is 5.81. The second-order valence-corrected chi connectivity index (χ2v) is 5.18. The first-order chi connectivity index (χ1) is 6.43. The first-order valence-corrected chi connectivity index (χ1v) is 5.12. The van der Waals surface area contributed by atoms with Crippen molar-refractivity contribution >= 4 is 5.84 Å². The molecule has 1 aliphatic heterocycles. The van der Waals surface area contributed by atoms with Crippen molar-refractivity contribution in [2.75, 3.05) is 19.6 Å². The molecule has 1 unspecified atom stereocenters. The van der Waals surface area contributed by atoms with Crippen LogP contribution in [0.4, 0.5) is 0 Å². The van der Waals surface area contributed by atoms with E-state index >= 15 is 0 Å². The van der Waals surface area contributed by atoms with Gasteiger partial charge in [-0.2, -0.15) is 0 Å². The van der Waals surface area contributed by atoms with E-state index in [0.717, 1.165) is 13.1 Å². The summed E-state index contributed by atoms with van der Waals surface area (Å²) in [6, 6.07) is 0. The number of nitrogens with two attached hydrogens (primary N) is 1. The zero-order chi connectivity index (χ0) is 10.8. The van der Waals surface area contributed by atoms with Gasteiger partial charge < -0.3 is 10.9 Å². The molecule has 0 aliphatic carbocycles. The predicted molar refractivity (Wildman–Crippen MR) is 57.4 cm³/mol. The van der Waals surface area contributed by atoms with Gasteiger partial charge >= 0.3 is 0 Å². The first kappa shape index (κ1) is 11.3. The van der Waals surface area contributed by atoms with Crippen LogP contribution in [0.5, 0.6) is 0 Å². The van der Waals surface area contributed by atoms with Gasteiger partial charge in [0.25, 0.3) is 0 Å². The summed E-state index contributed by atoms with van der Waals surface area (Å²) in [6.45, 7) is 9.50. The van der Waals surface area contributed by atoms with Gasteiger partial charge in [-0.15, -0.1) is 0 Å². The Balaban J connectivity index is 2.42. The summed E-state index contributed by atoms with van der Waals surface area (Å²) in [7, 11) is 0. The second-order valence-electron chi connectivity index (χ2n) is 5.18. The molecule has 0 amide bonds. The molecule has 1 saturated heterocycles. The summed E-state index contributed by atoms with van der Waals surface area (Å²) in [6.07, 6.45) is 1.21. The molecular weight excluding hydrogens is 178 g/mol. The number of oxime groups is 1. The van der Waals surface area contributed by atoms with E-state index in [1.807, 2.05) is 0 Å². The molecule has 0 saturated carbocycles. The molecule has 82 valence electrons. The van der Waals surface area contributed by atoms with Gasteiger partial charge in [-0.1, -0.05) is 25.9 Å². The number of rotatable bonds is 2. The van der Waals surface area contributed by atoms with E-state index in [1.165, 1.54) is 6.42 Å². The van der Waals surface area contributed by atoms with E-state index in [1.54, 1.807) is 0 Å². The zero-order valence-corrected chi connectivity index (χ0v) is 9.32. The summed E-state index contributed by atoms with van der Waals surface area (Å²) in [4.78, 5) is 2.24. The fourth-order valence-electron chi connectivity index (χ4n) is 1.94. The van der Waals surface area contributed by atoms with Crippen molar-refractivity contribution in [2.24, 2.45) is 22.2 Å². The summed E-state index contributed by atoms with van der Waals surface area (Å²) < 4.78 is 0. The Morgan fingerprint density at radius 1 is 1.57 bits per heavy atom. The first-order valence-electron chi connectivity index (χ1n) is 5.12. The summed E-state index contributed by atoms with van der Waals surface area (Å²) >= 11 is 0. The van der Waals surface area contributed by atoms with Crippen LogP contribution < -0.4 is 5.73 Å². The van der Waals surface area contributed by atoms with Crippen LogP contribution in [0.3, 0.4) is 0 Å². The van der Waals surface area contributed by atoms with E-state index in [4.69, 9.17) is 10.9 Å². The summed E-state index contributed by atoms with van der Waals surface area (Å²) in [5, 5.41) is 11.4. The van der Waals surface area contributed by atoms with E-state index in [2.05, 4.69) is 30.8 Å². The molecule has 1 fully saturated rings. The molecule has 4 heteroatoms. The number of nitrogens with zero attached hydrogens (tertiary/aromatic N) is 2. The molecule has 14 heavy (non-hydrogen) atoms. The van der Waals surface area contributed by atoms with Crippen LogP contribution >= 0.6 is 0 Å². The molecule has 0 radical (unpaired) electrons. The number of hydrogen-bond acceptors (Lipinski definition) is 3. The molecule has 0 spiro atoms. The van der Waals surface area contributed by atoms with Gasteiger partial charge in [0.05, 0.1) is 6.54 Å². The molecule has 0 bridgehead atoms. The van der Waals surface area contributed by atoms with Crippen LogP contribution in [0, 0.1) is 11.3 Å². The van der Waals surface area contributed by atoms with Crippen molar-refractivity contribution in [2.45, 2.75) is 27.2 Å². The van der Waals surface area contributed by atoms with Gasteiger partial charge in [0.2, 0.25) is 0 Å². The maximum atomic E-state index is 8.46. The highest BCUT2D eigenvalue weighted by Crippen LogP contribution is 2.33. The Bertz CT molecular complexity index is 220. The molecular formula is C10H21N3O. The smallest absolute Gasteiger partial charge is 0.153 e. The molecule has 0 aromatic carbocycles. The Hall–Kier alpha value is -0.770. The molecule has 1 rings (SSSR count). The molecule has 0 aromatic heterocycles. The average Bonchev–Trinajstić information content (AvgIpc) is 2.51. The van der Waals surface area contributed by atoms with Crippen LogP contribution in [-0.2, 0) is 0 Å². The van der Waals surface area contributed by atoms with Crippen LogP contribution in [0.15, 0.2) is 5.16 Å². The molecule has 1 atom stereocenters. The quantitative estimate of drug-likeness (QED) is 0.303. The molecule has 0 aromatic rings. The Morgan fingerprint density at radius 2 is 2.21 bits per heavy atom. The van der Waals surface area contributed by atoms with Crippen molar-refractivity contribution in [1.82, 2.24) is 4.90 Å². The third kappa shape index (κ3) is 2.87. The second kappa shape index (κ2) is 4.17. The van der Waals surface area contributed by atoms with Crippen molar-refractivity contribution in [1.29, 1.82) is 0 Å². The van der Waals surface area contributed by atoms with Gasteiger partial charge in [0.15, 0.2) is 5.84 Å². The molecule has 4 nitrogen and oxygen atoms in total. The van der Waals surface area contributed by atoms with Crippen LogP contribution in [-0.4, -0.2) is 35.6 Å². The minimum absolute atomic E-state index is 0.305. The van der Waals surface area contributed by atoms with Crippen molar-refractivity contribution in [3.8, 4) is 0 Å². The lowest BCUT2D eigenvalue weighted by Gasteiger charge is -2.26. The highest BCUT2D eigenvalue weighted by atomic mass is 16.4. The number of hydrogen-bond donors (Lipinski definition) is 2. The monoisotopic (exact) mass is 199 g/mol. The van der Waals surface area contributed by atoms with Crippen molar-refractivity contribution in [3.63, 3.8) is 0 Å². The van der Waals surface area contributed by atoms with E-state index in [-0.39, 0.29) is 0 Å². The van der Waals surface area contributed by atoms with Crippen LogP contribution in [0.25, 0.3) is 0 Å². The Kier molecular flexibility index (Phi) is 3.37. The number of amidine groups is 1. The predicted octanol–water partition coefficient (Wildman–Crippen LogP) is 1.10. The van der Waals surface area contributed by atoms with Crippen molar-refractivity contribution < 1.29 is 5.21 Å². The maximum Gasteiger partial charge on any atom is 0.153 e. The van der Waals surface area contributed by atoms with Crippen LogP contribution in [0.2, 0.25) is 0 Å². The normalized spacial score (nSPS) is 25.6. The van der Waals surface area contributed by atoms with E-state index < -0.39 is 0 Å². The third-order valence-electron chi connectivity index (χ3n) is 3.01. The SMILES string of the molecule is CC(C)(C)C1CCN(CC(N)=NO)C1. The van der Waals surface area contributed by atoms with E-state index in [0.29, 0.717) is 23.7 Å². The lowest BCUT2D eigenvalue weighted by molar-refractivity contribution is 0.236. The fourth-order valence-corrected chi connectivity index (χ4v) is 1.94. The Labute approximate surface area is 85.8 Å². The van der Waals surface area contributed by atoms with Gasteiger partial charge in [-0.25, -0.2) is 0 Å².